The van der Waals surface area contributed by atoms with E-state index in [1.54, 1.807) is 31.3 Å². The average molecular weight is 374 g/mol. The third-order valence-electron chi connectivity index (χ3n) is 4.36. The lowest BCUT2D eigenvalue weighted by molar-refractivity contribution is 0.0936. The molecule has 8 heteroatoms. The van der Waals surface area contributed by atoms with E-state index < -0.39 is 17.5 Å². The van der Waals surface area contributed by atoms with Crippen LogP contribution in [-0.2, 0) is 0 Å². The van der Waals surface area contributed by atoms with Crippen LogP contribution in [0.15, 0.2) is 53.6 Å². The Labute approximate surface area is 160 Å². The number of aryl methyl sites for hydroxylation is 1. The fraction of sp³-hybridized carbons (Fsp3) is 0.150. The highest BCUT2D eigenvalue weighted by Crippen LogP contribution is 2.17. The van der Waals surface area contributed by atoms with Crippen molar-refractivity contribution in [3.05, 3.63) is 76.1 Å². The normalized spacial score (nSPS) is 12.1. The minimum absolute atomic E-state index is 0.0708. The van der Waals surface area contributed by atoms with Crippen LogP contribution in [0.3, 0.4) is 0 Å². The quantitative estimate of drug-likeness (QED) is 0.507. The summed E-state index contributed by atoms with van der Waals surface area (Å²) in [5.41, 5.74) is 2.76. The van der Waals surface area contributed by atoms with Gasteiger partial charge in [-0.25, -0.2) is 9.97 Å². The highest BCUT2D eigenvalue weighted by atomic mass is 16.2. The zero-order valence-corrected chi connectivity index (χ0v) is 15.4. The fourth-order valence-corrected chi connectivity index (χ4v) is 2.88. The number of hydrogen-bond acceptors (Lipinski definition) is 5. The van der Waals surface area contributed by atoms with Gasteiger partial charge in [-0.1, -0.05) is 12.1 Å². The molecule has 4 rings (SSSR count). The summed E-state index contributed by atoms with van der Waals surface area (Å²) >= 11 is 0. The molecule has 3 heterocycles. The molecule has 0 saturated carbocycles. The number of aromatic nitrogens is 5. The van der Waals surface area contributed by atoms with Crippen molar-refractivity contribution in [1.82, 2.24) is 30.2 Å². The highest BCUT2D eigenvalue weighted by Gasteiger charge is 2.18. The Bertz CT molecular complexity index is 1210. The minimum Gasteiger partial charge on any atom is -0.342 e. The van der Waals surface area contributed by atoms with E-state index in [9.17, 15) is 9.59 Å². The molecular formula is C20H18N6O2. The van der Waals surface area contributed by atoms with E-state index in [0.717, 1.165) is 16.6 Å². The number of fused-ring (bicyclic) bond motifs is 1. The molecule has 1 amide bonds. The number of aromatic amines is 2. The van der Waals surface area contributed by atoms with Crippen molar-refractivity contribution in [2.45, 2.75) is 19.9 Å². The molecule has 0 bridgehead atoms. The molecule has 4 aromatic rings. The first-order valence-electron chi connectivity index (χ1n) is 8.79. The molecule has 3 aromatic heterocycles. The topological polar surface area (TPSA) is 116 Å². The molecule has 28 heavy (non-hydrogen) atoms. The Kier molecular flexibility index (Phi) is 4.44. The third-order valence-corrected chi connectivity index (χ3v) is 4.36. The number of nitrogens with one attached hydrogen (secondary N) is 3. The Morgan fingerprint density at radius 1 is 1.14 bits per heavy atom. The van der Waals surface area contributed by atoms with Gasteiger partial charge >= 0.3 is 0 Å². The smallest absolute Gasteiger partial charge is 0.264 e. The molecule has 1 aromatic carbocycles. The number of benzene rings is 1. The SMILES string of the molecule is Cc1ccc2nc([C@@H](C)NC(=O)c3cnc(-c4ccccn4)[nH]c3=O)[nH]c2c1. The van der Waals surface area contributed by atoms with E-state index in [1.807, 2.05) is 25.1 Å². The van der Waals surface area contributed by atoms with Crippen molar-refractivity contribution < 1.29 is 4.79 Å². The van der Waals surface area contributed by atoms with Crippen molar-refractivity contribution >= 4 is 16.9 Å². The maximum atomic E-state index is 12.5. The van der Waals surface area contributed by atoms with E-state index in [4.69, 9.17) is 0 Å². The zero-order valence-electron chi connectivity index (χ0n) is 15.4. The van der Waals surface area contributed by atoms with Gasteiger partial charge in [-0.3, -0.25) is 14.6 Å². The Hall–Kier alpha value is -3.81. The van der Waals surface area contributed by atoms with E-state index in [1.165, 1.54) is 6.20 Å². The summed E-state index contributed by atoms with van der Waals surface area (Å²) in [6.45, 7) is 3.80. The Morgan fingerprint density at radius 2 is 2.00 bits per heavy atom. The van der Waals surface area contributed by atoms with Crippen LogP contribution in [0.25, 0.3) is 22.6 Å². The molecule has 0 radical (unpaired) electrons. The minimum atomic E-state index is -0.527. The number of H-pyrrole nitrogens is 2. The summed E-state index contributed by atoms with van der Waals surface area (Å²) in [5, 5.41) is 2.78. The lowest BCUT2D eigenvalue weighted by atomic mass is 10.2. The zero-order chi connectivity index (χ0) is 19.7. The first kappa shape index (κ1) is 17.6. The van der Waals surface area contributed by atoms with E-state index in [-0.39, 0.29) is 5.56 Å². The summed E-state index contributed by atoms with van der Waals surface area (Å²) in [6.07, 6.45) is 2.86. The predicted molar refractivity (Wildman–Crippen MR) is 105 cm³/mol. The first-order chi connectivity index (χ1) is 13.5. The van der Waals surface area contributed by atoms with E-state index in [0.29, 0.717) is 17.3 Å². The number of amides is 1. The number of carbonyl (C=O) groups excluding carboxylic acids is 1. The van der Waals surface area contributed by atoms with Crippen LogP contribution >= 0.6 is 0 Å². The number of carbonyl (C=O) groups is 1. The third kappa shape index (κ3) is 3.39. The van der Waals surface area contributed by atoms with Gasteiger partial charge in [-0.05, 0) is 43.7 Å². The van der Waals surface area contributed by atoms with Gasteiger partial charge in [-0.15, -0.1) is 0 Å². The van der Waals surface area contributed by atoms with Gasteiger partial charge in [0.2, 0.25) is 0 Å². The molecule has 0 unspecified atom stereocenters. The number of hydrogen-bond donors (Lipinski definition) is 3. The largest absolute Gasteiger partial charge is 0.342 e. The predicted octanol–water partition coefficient (Wildman–Crippen LogP) is 2.51. The van der Waals surface area contributed by atoms with Gasteiger partial charge in [0.05, 0.1) is 17.1 Å². The van der Waals surface area contributed by atoms with Gasteiger partial charge in [0, 0.05) is 12.4 Å². The molecule has 0 fully saturated rings. The molecular weight excluding hydrogens is 356 g/mol. The van der Waals surface area contributed by atoms with Gasteiger partial charge in [-0.2, -0.15) is 0 Å². The molecule has 3 N–H and O–H groups in total. The van der Waals surface area contributed by atoms with Crippen molar-refractivity contribution in [3.63, 3.8) is 0 Å². The molecule has 8 nitrogen and oxygen atoms in total. The number of pyridine rings is 1. The van der Waals surface area contributed by atoms with Crippen LogP contribution < -0.4 is 10.9 Å². The second kappa shape index (κ2) is 7.07. The van der Waals surface area contributed by atoms with Crippen LogP contribution in [0.4, 0.5) is 0 Å². The van der Waals surface area contributed by atoms with Crippen molar-refractivity contribution in [1.29, 1.82) is 0 Å². The lowest BCUT2D eigenvalue weighted by Gasteiger charge is -2.11. The van der Waals surface area contributed by atoms with Crippen LogP contribution in [-0.4, -0.2) is 30.8 Å². The summed E-state index contributed by atoms with van der Waals surface area (Å²) in [6, 6.07) is 10.8. The van der Waals surface area contributed by atoms with Gasteiger partial charge in [0.1, 0.15) is 17.1 Å². The van der Waals surface area contributed by atoms with Crippen molar-refractivity contribution in [3.8, 4) is 11.5 Å². The van der Waals surface area contributed by atoms with Crippen molar-refractivity contribution in [2.75, 3.05) is 0 Å². The van der Waals surface area contributed by atoms with Crippen LogP contribution in [0.1, 0.15) is 34.7 Å². The molecule has 1 atom stereocenters. The molecule has 0 aliphatic heterocycles. The monoisotopic (exact) mass is 374 g/mol. The van der Waals surface area contributed by atoms with Crippen LogP contribution in [0.5, 0.6) is 0 Å². The van der Waals surface area contributed by atoms with Gasteiger partial charge in [0.15, 0.2) is 5.82 Å². The first-order valence-corrected chi connectivity index (χ1v) is 8.79. The molecule has 0 spiro atoms. The lowest BCUT2D eigenvalue weighted by Crippen LogP contribution is -2.32. The molecule has 140 valence electrons. The standard InChI is InChI=1S/C20H18N6O2/c1-11-6-7-14-16(9-11)25-17(24-14)12(2)23-19(27)13-10-22-18(26-20(13)28)15-5-3-4-8-21-15/h3-10,12H,1-2H3,(H,23,27)(H,24,25)(H,22,26,28)/t12-/m1/s1. The summed E-state index contributed by atoms with van der Waals surface area (Å²) in [5.74, 6) is 0.400. The average Bonchev–Trinajstić information content (AvgIpc) is 3.12. The maximum Gasteiger partial charge on any atom is 0.264 e. The maximum absolute atomic E-state index is 12.5. The van der Waals surface area contributed by atoms with Crippen molar-refractivity contribution in [2.24, 2.45) is 0 Å². The fourth-order valence-electron chi connectivity index (χ4n) is 2.88. The second-order valence-corrected chi connectivity index (χ2v) is 6.53. The molecule has 0 aliphatic rings. The van der Waals surface area contributed by atoms with Gasteiger partial charge in [0.25, 0.3) is 11.5 Å². The number of rotatable bonds is 4. The summed E-state index contributed by atoms with van der Waals surface area (Å²) in [7, 11) is 0. The molecule has 0 saturated heterocycles. The second-order valence-electron chi connectivity index (χ2n) is 6.53. The summed E-state index contributed by atoms with van der Waals surface area (Å²) < 4.78 is 0. The van der Waals surface area contributed by atoms with Crippen LogP contribution in [0, 0.1) is 6.92 Å². The number of imidazole rings is 1. The van der Waals surface area contributed by atoms with Gasteiger partial charge < -0.3 is 15.3 Å². The molecule has 0 aliphatic carbocycles. The Morgan fingerprint density at radius 3 is 2.75 bits per heavy atom. The number of nitrogens with zero attached hydrogens (tertiary/aromatic N) is 3. The van der Waals surface area contributed by atoms with E-state index >= 15 is 0 Å². The highest BCUT2D eigenvalue weighted by molar-refractivity contribution is 5.93. The summed E-state index contributed by atoms with van der Waals surface area (Å²) in [4.78, 5) is 43.5. The Balaban J connectivity index is 1.54. The van der Waals surface area contributed by atoms with E-state index in [2.05, 4.69) is 30.2 Å². The van der Waals surface area contributed by atoms with Crippen LogP contribution in [0.2, 0.25) is 0 Å².